The van der Waals surface area contributed by atoms with Crippen LogP contribution in [0.4, 0.5) is 5.69 Å². The third-order valence-corrected chi connectivity index (χ3v) is 4.17. The van der Waals surface area contributed by atoms with Crippen molar-refractivity contribution in [3.05, 3.63) is 59.7 Å². The lowest BCUT2D eigenvalue weighted by Crippen LogP contribution is -2.09. The zero-order chi connectivity index (χ0) is 21.1. The Labute approximate surface area is 171 Å². The van der Waals surface area contributed by atoms with E-state index < -0.39 is 5.97 Å². The molecule has 1 N–H and O–H groups in total. The van der Waals surface area contributed by atoms with E-state index in [9.17, 15) is 9.59 Å². The summed E-state index contributed by atoms with van der Waals surface area (Å²) in [7, 11) is 2.90. The highest BCUT2D eigenvalue weighted by Gasteiger charge is 2.07. The van der Waals surface area contributed by atoms with E-state index in [0.29, 0.717) is 29.4 Å². The van der Waals surface area contributed by atoms with Gasteiger partial charge in [-0.3, -0.25) is 4.79 Å². The van der Waals surface area contributed by atoms with E-state index in [-0.39, 0.29) is 5.91 Å². The Hall–Kier alpha value is -3.28. The number of hydrogen-bond acceptors (Lipinski definition) is 5. The summed E-state index contributed by atoms with van der Waals surface area (Å²) in [5.74, 6) is 0.534. The number of carbonyl (C=O) groups is 2. The second kappa shape index (κ2) is 11.5. The number of rotatable bonds is 10. The van der Waals surface area contributed by atoms with Crippen LogP contribution < -0.4 is 14.8 Å². The van der Waals surface area contributed by atoms with Crippen LogP contribution in [-0.2, 0) is 9.53 Å². The summed E-state index contributed by atoms with van der Waals surface area (Å²) in [6.07, 6.45) is 6.36. The van der Waals surface area contributed by atoms with Crippen molar-refractivity contribution in [1.82, 2.24) is 0 Å². The Morgan fingerprint density at radius 2 is 1.86 bits per heavy atom. The molecule has 0 atom stereocenters. The smallest absolute Gasteiger partial charge is 0.337 e. The molecule has 6 nitrogen and oxygen atoms in total. The lowest BCUT2D eigenvalue weighted by atomic mass is 10.1. The monoisotopic (exact) mass is 397 g/mol. The summed E-state index contributed by atoms with van der Waals surface area (Å²) in [5.41, 5.74) is 1.69. The van der Waals surface area contributed by atoms with E-state index in [2.05, 4.69) is 17.0 Å². The Morgan fingerprint density at radius 3 is 2.59 bits per heavy atom. The van der Waals surface area contributed by atoms with Crippen LogP contribution in [0.5, 0.6) is 11.5 Å². The lowest BCUT2D eigenvalue weighted by molar-refractivity contribution is -0.111. The molecule has 29 heavy (non-hydrogen) atoms. The number of unbranched alkanes of at least 4 members (excludes halogenated alkanes) is 2. The third kappa shape index (κ3) is 6.99. The van der Waals surface area contributed by atoms with Crippen molar-refractivity contribution in [3.8, 4) is 11.5 Å². The van der Waals surface area contributed by atoms with Crippen LogP contribution in [0.15, 0.2) is 48.5 Å². The van der Waals surface area contributed by atoms with Crippen LogP contribution in [0.25, 0.3) is 6.08 Å². The molecule has 2 aromatic rings. The zero-order valence-corrected chi connectivity index (χ0v) is 17.1. The number of benzene rings is 2. The van der Waals surface area contributed by atoms with Gasteiger partial charge in [0.1, 0.15) is 0 Å². The van der Waals surface area contributed by atoms with Gasteiger partial charge in [-0.05, 0) is 48.4 Å². The van der Waals surface area contributed by atoms with Gasteiger partial charge in [-0.15, -0.1) is 0 Å². The summed E-state index contributed by atoms with van der Waals surface area (Å²) in [4.78, 5) is 23.8. The maximum atomic E-state index is 12.2. The average molecular weight is 397 g/mol. The SMILES string of the molecule is CCCCCOc1ccc(C=CC(=O)Nc2cccc(C(=O)OC)c2)cc1OC. The molecular weight excluding hydrogens is 370 g/mol. The summed E-state index contributed by atoms with van der Waals surface area (Å²) < 4.78 is 15.8. The molecule has 0 aliphatic carbocycles. The first-order valence-electron chi connectivity index (χ1n) is 9.55. The van der Waals surface area contributed by atoms with Gasteiger partial charge in [-0.1, -0.05) is 31.9 Å². The largest absolute Gasteiger partial charge is 0.493 e. The van der Waals surface area contributed by atoms with Gasteiger partial charge < -0.3 is 19.5 Å². The highest BCUT2D eigenvalue weighted by Crippen LogP contribution is 2.28. The Bertz CT molecular complexity index is 860. The lowest BCUT2D eigenvalue weighted by Gasteiger charge is -2.11. The fourth-order valence-corrected chi connectivity index (χ4v) is 2.64. The van der Waals surface area contributed by atoms with Gasteiger partial charge in [0.25, 0.3) is 0 Å². The number of ether oxygens (including phenoxy) is 3. The molecular formula is C23H27NO5. The maximum absolute atomic E-state index is 12.2. The van der Waals surface area contributed by atoms with Crippen molar-refractivity contribution >= 4 is 23.6 Å². The first-order chi connectivity index (χ1) is 14.1. The fraction of sp³-hybridized carbons (Fsp3) is 0.304. The molecule has 1 amide bonds. The van der Waals surface area contributed by atoms with Crippen molar-refractivity contribution in [3.63, 3.8) is 0 Å². The third-order valence-electron chi connectivity index (χ3n) is 4.17. The minimum absolute atomic E-state index is 0.314. The molecule has 0 aliphatic heterocycles. The predicted octanol–water partition coefficient (Wildman–Crippen LogP) is 4.70. The molecule has 0 saturated heterocycles. The zero-order valence-electron chi connectivity index (χ0n) is 17.1. The van der Waals surface area contributed by atoms with Gasteiger partial charge in [-0.2, -0.15) is 0 Å². The number of esters is 1. The molecule has 0 heterocycles. The predicted molar refractivity (Wildman–Crippen MR) is 113 cm³/mol. The van der Waals surface area contributed by atoms with Crippen molar-refractivity contribution < 1.29 is 23.8 Å². The van der Waals surface area contributed by atoms with Gasteiger partial charge in [0.15, 0.2) is 11.5 Å². The molecule has 6 heteroatoms. The minimum atomic E-state index is -0.458. The van der Waals surface area contributed by atoms with E-state index in [1.165, 1.54) is 13.2 Å². The summed E-state index contributed by atoms with van der Waals surface area (Å²) in [5, 5.41) is 2.72. The van der Waals surface area contributed by atoms with E-state index in [1.54, 1.807) is 37.5 Å². The van der Waals surface area contributed by atoms with Gasteiger partial charge in [0.05, 0.1) is 26.4 Å². The molecule has 0 aromatic heterocycles. The molecule has 0 bridgehead atoms. The molecule has 0 unspecified atom stereocenters. The molecule has 154 valence electrons. The van der Waals surface area contributed by atoms with E-state index in [1.807, 2.05) is 18.2 Å². The number of methoxy groups -OCH3 is 2. The molecule has 0 saturated carbocycles. The number of hydrogen-bond donors (Lipinski definition) is 1. The van der Waals surface area contributed by atoms with Gasteiger partial charge in [-0.25, -0.2) is 4.79 Å². The van der Waals surface area contributed by atoms with Crippen molar-refractivity contribution in [2.45, 2.75) is 26.2 Å². The van der Waals surface area contributed by atoms with Crippen LogP contribution in [0.1, 0.15) is 42.1 Å². The number of carbonyl (C=O) groups excluding carboxylic acids is 2. The average Bonchev–Trinajstić information content (AvgIpc) is 2.75. The molecule has 0 aliphatic rings. The Kier molecular flexibility index (Phi) is 8.76. The van der Waals surface area contributed by atoms with Crippen LogP contribution in [-0.4, -0.2) is 32.7 Å². The molecule has 2 aromatic carbocycles. The van der Waals surface area contributed by atoms with Crippen LogP contribution in [0.2, 0.25) is 0 Å². The van der Waals surface area contributed by atoms with Crippen molar-refractivity contribution in [2.75, 3.05) is 26.1 Å². The first kappa shape index (κ1) is 22.0. The second-order valence-electron chi connectivity index (χ2n) is 6.36. The molecule has 2 rings (SSSR count). The Balaban J connectivity index is 1.99. The van der Waals surface area contributed by atoms with Crippen LogP contribution >= 0.6 is 0 Å². The second-order valence-corrected chi connectivity index (χ2v) is 6.36. The molecule has 0 radical (unpaired) electrons. The van der Waals surface area contributed by atoms with E-state index in [4.69, 9.17) is 9.47 Å². The van der Waals surface area contributed by atoms with E-state index in [0.717, 1.165) is 24.8 Å². The highest BCUT2D eigenvalue weighted by atomic mass is 16.5. The van der Waals surface area contributed by atoms with Gasteiger partial charge in [0.2, 0.25) is 5.91 Å². The normalized spacial score (nSPS) is 10.6. The quantitative estimate of drug-likeness (QED) is 0.357. The fourth-order valence-electron chi connectivity index (χ4n) is 2.64. The van der Waals surface area contributed by atoms with Crippen molar-refractivity contribution in [1.29, 1.82) is 0 Å². The minimum Gasteiger partial charge on any atom is -0.493 e. The van der Waals surface area contributed by atoms with Gasteiger partial charge in [0, 0.05) is 11.8 Å². The number of anilines is 1. The maximum Gasteiger partial charge on any atom is 0.337 e. The number of nitrogens with one attached hydrogen (secondary N) is 1. The van der Waals surface area contributed by atoms with Crippen LogP contribution in [0, 0.1) is 0 Å². The van der Waals surface area contributed by atoms with Gasteiger partial charge >= 0.3 is 5.97 Å². The molecule has 0 spiro atoms. The summed E-state index contributed by atoms with van der Waals surface area (Å²) in [6.45, 7) is 2.79. The Morgan fingerprint density at radius 1 is 1.03 bits per heavy atom. The topological polar surface area (TPSA) is 73.9 Å². The standard InChI is InChI=1S/C23H27NO5/c1-4-5-6-14-29-20-12-10-17(15-21(20)27-2)11-13-22(25)24-19-9-7-8-18(16-19)23(26)28-3/h7-13,15-16H,4-6,14H2,1-3H3,(H,24,25). The summed E-state index contributed by atoms with van der Waals surface area (Å²) in [6, 6.07) is 12.1. The molecule has 0 fully saturated rings. The summed E-state index contributed by atoms with van der Waals surface area (Å²) >= 11 is 0. The van der Waals surface area contributed by atoms with Crippen molar-refractivity contribution in [2.24, 2.45) is 0 Å². The van der Waals surface area contributed by atoms with E-state index >= 15 is 0 Å². The first-order valence-corrected chi connectivity index (χ1v) is 9.55. The number of amides is 1. The highest BCUT2D eigenvalue weighted by molar-refractivity contribution is 6.02. The van der Waals surface area contributed by atoms with Crippen LogP contribution in [0.3, 0.4) is 0 Å².